The van der Waals surface area contributed by atoms with E-state index in [-0.39, 0.29) is 47.5 Å². The van der Waals surface area contributed by atoms with Crippen molar-refractivity contribution in [2.24, 2.45) is 5.14 Å². The normalized spacial score (nSPS) is 13.7. The minimum atomic E-state index is -4.18. The van der Waals surface area contributed by atoms with E-state index in [9.17, 15) is 18.3 Å². The van der Waals surface area contributed by atoms with Crippen LogP contribution in [0.15, 0.2) is 18.2 Å². The molecule has 1 aliphatic carbocycles. The van der Waals surface area contributed by atoms with Gasteiger partial charge in [0.1, 0.15) is 5.75 Å². The van der Waals surface area contributed by atoms with Crippen LogP contribution in [0.2, 0.25) is 0 Å². The van der Waals surface area contributed by atoms with Crippen LogP contribution in [-0.2, 0) is 21.5 Å². The summed E-state index contributed by atoms with van der Waals surface area (Å²) in [5.41, 5.74) is 0.801. The molecule has 0 radical (unpaired) electrons. The first-order chi connectivity index (χ1) is 7.85. The van der Waals surface area contributed by atoms with Gasteiger partial charge in [-0.2, -0.15) is 13.6 Å². The van der Waals surface area contributed by atoms with E-state index in [2.05, 4.69) is 9.32 Å². The van der Waals surface area contributed by atoms with Crippen molar-refractivity contribution in [3.8, 4) is 11.5 Å². The fraction of sp³-hybridized carbons (Fsp3) is 0.100. The van der Waals surface area contributed by atoms with Crippen LogP contribution in [0.4, 0.5) is 0 Å². The van der Waals surface area contributed by atoms with Gasteiger partial charge in [-0.1, -0.05) is 11.8 Å². The molecule has 1 aromatic carbocycles. The number of hydrogen-bond donors (Lipinski definition) is 1. The summed E-state index contributed by atoms with van der Waals surface area (Å²) in [6.45, 7) is 0. The van der Waals surface area contributed by atoms with E-state index >= 15 is 0 Å². The largest absolute Gasteiger partial charge is 1.00 e. The van der Waals surface area contributed by atoms with Gasteiger partial charge in [0.2, 0.25) is 0 Å². The Bertz CT molecular complexity index is 623. The summed E-state index contributed by atoms with van der Waals surface area (Å²) in [6.07, 6.45) is 2.76. The molecule has 0 aromatic heterocycles. The molecular weight excluding hydrogens is 269 g/mol. The van der Waals surface area contributed by atoms with Crippen LogP contribution < -0.4 is 44.0 Å². The first-order valence-electron chi connectivity index (χ1n) is 4.62. The summed E-state index contributed by atoms with van der Waals surface area (Å²) < 4.78 is 25.8. The molecule has 0 bridgehead atoms. The minimum Gasteiger partial charge on any atom is -0.872 e. The van der Waals surface area contributed by atoms with Gasteiger partial charge in [-0.15, -0.1) is 0 Å². The quantitative estimate of drug-likeness (QED) is 0.564. The van der Waals surface area contributed by atoms with Gasteiger partial charge in [0.25, 0.3) is 0 Å². The third-order valence-electron chi connectivity index (χ3n) is 2.21. The van der Waals surface area contributed by atoms with Gasteiger partial charge in [-0.3, -0.25) is 4.79 Å². The predicted octanol–water partition coefficient (Wildman–Crippen LogP) is -3.52. The number of carbonyl (C=O) groups is 1. The Morgan fingerprint density at radius 2 is 1.94 bits per heavy atom. The Morgan fingerprint density at radius 3 is 2.56 bits per heavy atom. The van der Waals surface area contributed by atoms with E-state index in [0.717, 1.165) is 6.07 Å². The van der Waals surface area contributed by atoms with Crippen LogP contribution in [-0.4, -0.2) is 14.2 Å². The smallest absolute Gasteiger partial charge is 0.872 e. The molecule has 2 N–H and O–H groups in total. The molecule has 0 heterocycles. The van der Waals surface area contributed by atoms with Crippen molar-refractivity contribution in [2.45, 2.75) is 6.42 Å². The number of fused-ring (bicyclic) bond motifs is 1. The molecule has 0 spiro atoms. The van der Waals surface area contributed by atoms with E-state index in [1.807, 2.05) is 0 Å². The molecule has 0 amide bonds. The SMILES string of the molecule is NS(=O)(=O)Oc1cc([O-])c2c(c1)CC(=O)C=C2.[Na+]. The Morgan fingerprint density at radius 1 is 1.28 bits per heavy atom. The molecule has 8 heteroatoms. The second-order valence-corrected chi connectivity index (χ2v) is 4.70. The monoisotopic (exact) mass is 277 g/mol. The Labute approximate surface area is 126 Å². The maximum absolute atomic E-state index is 11.6. The third-order valence-corrected chi connectivity index (χ3v) is 2.64. The Kier molecular flexibility index (Phi) is 4.57. The first-order valence-corrected chi connectivity index (χ1v) is 6.09. The van der Waals surface area contributed by atoms with Crippen LogP contribution in [0.1, 0.15) is 11.1 Å². The second-order valence-electron chi connectivity index (χ2n) is 3.55. The van der Waals surface area contributed by atoms with Gasteiger partial charge >= 0.3 is 39.9 Å². The average molecular weight is 277 g/mol. The zero-order valence-corrected chi connectivity index (χ0v) is 12.4. The number of nitrogens with two attached hydrogens (primary N) is 1. The molecule has 0 aliphatic heterocycles. The zero-order chi connectivity index (χ0) is 12.6. The van der Waals surface area contributed by atoms with E-state index < -0.39 is 16.1 Å². The minimum absolute atomic E-state index is 0. The summed E-state index contributed by atoms with van der Waals surface area (Å²) in [5.74, 6) is -0.756. The second kappa shape index (κ2) is 5.41. The van der Waals surface area contributed by atoms with Gasteiger partial charge in [0, 0.05) is 6.42 Å². The standard InChI is InChI=1S/C10H9NO5S.Na/c11-17(14,15)16-8-4-6-3-7(12)1-2-9(6)10(13)5-8;/h1-2,4-5,13H,3H2,(H2,11,14,15);/q;+1/p-1. The molecule has 1 aliphatic rings. The molecule has 18 heavy (non-hydrogen) atoms. The van der Waals surface area contributed by atoms with E-state index in [1.165, 1.54) is 18.2 Å². The predicted molar refractivity (Wildman–Crippen MR) is 57.4 cm³/mol. The third kappa shape index (κ3) is 3.56. The van der Waals surface area contributed by atoms with Crippen LogP contribution in [0.25, 0.3) is 6.08 Å². The topological polar surface area (TPSA) is 110 Å². The van der Waals surface area contributed by atoms with Crippen LogP contribution in [0.3, 0.4) is 0 Å². The van der Waals surface area contributed by atoms with Gasteiger partial charge in [0.05, 0.1) is 0 Å². The molecule has 1 aromatic rings. The zero-order valence-electron chi connectivity index (χ0n) is 9.54. The van der Waals surface area contributed by atoms with Gasteiger partial charge in [0.15, 0.2) is 5.78 Å². The average Bonchev–Trinajstić information content (AvgIpc) is 2.13. The molecule has 90 valence electrons. The van der Waals surface area contributed by atoms with Crippen LogP contribution >= 0.6 is 0 Å². The number of allylic oxidation sites excluding steroid dienone is 1. The van der Waals surface area contributed by atoms with E-state index in [1.54, 1.807) is 0 Å². The molecule has 0 saturated carbocycles. The Balaban J connectivity index is 0.00000162. The van der Waals surface area contributed by atoms with E-state index in [4.69, 9.17) is 0 Å². The molecule has 0 atom stereocenters. The van der Waals surface area contributed by atoms with Crippen LogP contribution in [0, 0.1) is 0 Å². The molecule has 0 unspecified atom stereocenters. The van der Waals surface area contributed by atoms with Crippen molar-refractivity contribution < 1.29 is 52.1 Å². The van der Waals surface area contributed by atoms with Gasteiger partial charge in [-0.05, 0) is 29.3 Å². The number of carbonyl (C=O) groups excluding carboxylic acids is 1. The summed E-state index contributed by atoms with van der Waals surface area (Å²) in [7, 11) is -4.18. The number of rotatable bonds is 2. The van der Waals surface area contributed by atoms with Crippen molar-refractivity contribution in [3.05, 3.63) is 29.3 Å². The van der Waals surface area contributed by atoms with Crippen molar-refractivity contribution in [3.63, 3.8) is 0 Å². The molecule has 2 rings (SSSR count). The fourth-order valence-corrected chi connectivity index (χ4v) is 1.96. The van der Waals surface area contributed by atoms with Crippen molar-refractivity contribution in [1.29, 1.82) is 0 Å². The number of benzene rings is 1. The maximum atomic E-state index is 11.6. The first kappa shape index (κ1) is 15.2. The van der Waals surface area contributed by atoms with Crippen molar-refractivity contribution in [2.75, 3.05) is 0 Å². The van der Waals surface area contributed by atoms with Crippen molar-refractivity contribution in [1.82, 2.24) is 0 Å². The van der Waals surface area contributed by atoms with E-state index in [0.29, 0.717) is 11.1 Å². The number of hydrogen-bond acceptors (Lipinski definition) is 5. The molecule has 6 nitrogen and oxygen atoms in total. The number of ketones is 1. The summed E-state index contributed by atoms with van der Waals surface area (Å²) in [6, 6.07) is 2.34. The molecule has 0 fully saturated rings. The molecule has 0 saturated heterocycles. The summed E-state index contributed by atoms with van der Waals surface area (Å²) in [5, 5.41) is 16.3. The van der Waals surface area contributed by atoms with Gasteiger partial charge in [-0.25, -0.2) is 0 Å². The molecular formula is C10H8NNaO5S. The fourth-order valence-electron chi connectivity index (χ4n) is 1.60. The van der Waals surface area contributed by atoms with Crippen molar-refractivity contribution >= 4 is 22.2 Å². The van der Waals surface area contributed by atoms with Gasteiger partial charge < -0.3 is 9.29 Å². The Hall–Kier alpha value is -0.860. The summed E-state index contributed by atoms with van der Waals surface area (Å²) >= 11 is 0. The maximum Gasteiger partial charge on any atom is 1.00 e. The summed E-state index contributed by atoms with van der Waals surface area (Å²) in [4.78, 5) is 11.2. The van der Waals surface area contributed by atoms with Crippen LogP contribution in [0.5, 0.6) is 11.5 Å².